The number of likely N-dealkylation sites (N-methyl/N-ethyl adjacent to an activating group) is 1. The Kier molecular flexibility index (Phi) is 10.9. The molecule has 1 atom stereocenters. The van der Waals surface area contributed by atoms with E-state index in [9.17, 15) is 14.7 Å². The van der Waals surface area contributed by atoms with Gasteiger partial charge >= 0.3 is 12.2 Å². The van der Waals surface area contributed by atoms with Crippen molar-refractivity contribution in [2.24, 2.45) is 0 Å². The van der Waals surface area contributed by atoms with Gasteiger partial charge in [-0.3, -0.25) is 4.98 Å². The lowest BCUT2D eigenvalue weighted by Gasteiger charge is -2.24. The maximum absolute atomic E-state index is 11.6. The molecule has 1 aromatic carbocycles. The van der Waals surface area contributed by atoms with Crippen molar-refractivity contribution >= 4 is 12.2 Å². The average molecular weight is 477 g/mol. The molecule has 2 rings (SSSR count). The first-order chi connectivity index (χ1) is 16.4. The predicted octanol–water partition coefficient (Wildman–Crippen LogP) is 2.16. The highest BCUT2D eigenvalue weighted by Gasteiger charge is 2.20. The van der Waals surface area contributed by atoms with E-state index in [2.05, 4.69) is 15.6 Å². The van der Waals surface area contributed by atoms with Crippen molar-refractivity contribution in [3.8, 4) is 11.5 Å². The molecular weight excluding hydrogens is 444 g/mol. The number of rotatable bonds is 12. The summed E-state index contributed by atoms with van der Waals surface area (Å²) >= 11 is 0. The number of para-hydroxylation sites is 1. The monoisotopic (exact) mass is 476 g/mol. The van der Waals surface area contributed by atoms with Crippen LogP contribution in [0.1, 0.15) is 23.7 Å². The topological polar surface area (TPSA) is 131 Å². The number of aliphatic hydroxyl groups is 1. The quantitative estimate of drug-likeness (QED) is 0.394. The zero-order valence-electron chi connectivity index (χ0n) is 19.9. The summed E-state index contributed by atoms with van der Waals surface area (Å²) in [5.74, 6) is 1.00. The minimum Gasteiger partial charge on any atom is -0.488 e. The Labute approximate surface area is 198 Å². The summed E-state index contributed by atoms with van der Waals surface area (Å²) in [7, 11) is 2.89. The number of nitrogens with one attached hydrogen (secondary N) is 2. The summed E-state index contributed by atoms with van der Waals surface area (Å²) in [6.45, 7) is 4.07. The highest BCUT2D eigenvalue weighted by molar-refractivity contribution is 5.67. The number of ether oxygens (including phenoxy) is 3. The van der Waals surface area contributed by atoms with Crippen LogP contribution in [0.25, 0.3) is 0 Å². The Hall–Kier alpha value is -3.57. The molecule has 11 heteroatoms. The molecule has 34 heavy (non-hydrogen) atoms. The summed E-state index contributed by atoms with van der Waals surface area (Å²) < 4.78 is 16.2. The van der Waals surface area contributed by atoms with Gasteiger partial charge in [0, 0.05) is 38.0 Å². The van der Waals surface area contributed by atoms with E-state index < -0.39 is 18.3 Å². The van der Waals surface area contributed by atoms with Gasteiger partial charge in [0.1, 0.15) is 37.4 Å². The van der Waals surface area contributed by atoms with Crippen LogP contribution in [0.15, 0.2) is 36.5 Å². The molecule has 0 saturated carbocycles. The first-order valence-corrected chi connectivity index (χ1v) is 10.8. The summed E-state index contributed by atoms with van der Waals surface area (Å²) in [6, 6.07) is 9.27. The van der Waals surface area contributed by atoms with Gasteiger partial charge in [0.05, 0.1) is 12.2 Å². The Bertz CT molecular complexity index is 927. The summed E-state index contributed by atoms with van der Waals surface area (Å²) in [4.78, 5) is 33.2. The maximum atomic E-state index is 11.6. The number of aliphatic hydroxyl groups excluding tert-OH is 1. The molecule has 0 fully saturated rings. The van der Waals surface area contributed by atoms with Gasteiger partial charge in [-0.15, -0.1) is 5.06 Å². The molecule has 0 aliphatic heterocycles. The third-order valence-electron chi connectivity index (χ3n) is 4.68. The molecule has 0 radical (unpaired) electrons. The number of nitrogens with zero attached hydrogens (tertiary/aromatic N) is 2. The predicted molar refractivity (Wildman–Crippen MR) is 123 cm³/mol. The fraction of sp³-hybridized carbons (Fsp3) is 0.435. The van der Waals surface area contributed by atoms with Crippen LogP contribution in [0.3, 0.4) is 0 Å². The van der Waals surface area contributed by atoms with Gasteiger partial charge in [0.25, 0.3) is 0 Å². The molecule has 0 saturated heterocycles. The zero-order chi connectivity index (χ0) is 24.9. The fourth-order valence-corrected chi connectivity index (χ4v) is 2.90. The SMILES string of the molecule is CCN(CC(O)COc1c(C)ncc(COC(=O)NC)c1COC(=O)NC)Oc1ccccc1. The molecular formula is C23H32N4O7. The number of aromatic nitrogens is 1. The van der Waals surface area contributed by atoms with Crippen LogP contribution < -0.4 is 20.2 Å². The molecule has 0 bridgehead atoms. The minimum absolute atomic E-state index is 0.0656. The molecule has 2 amide bonds. The number of benzene rings is 1. The number of amides is 2. The van der Waals surface area contributed by atoms with E-state index >= 15 is 0 Å². The minimum atomic E-state index is -0.887. The Balaban J connectivity index is 2.11. The van der Waals surface area contributed by atoms with Crippen LogP contribution >= 0.6 is 0 Å². The van der Waals surface area contributed by atoms with Crippen LogP contribution in [0.4, 0.5) is 9.59 Å². The summed E-state index contributed by atoms with van der Waals surface area (Å²) in [5.41, 5.74) is 1.52. The lowest BCUT2D eigenvalue weighted by Crippen LogP contribution is -2.37. The van der Waals surface area contributed by atoms with E-state index in [1.54, 1.807) is 12.0 Å². The fourth-order valence-electron chi connectivity index (χ4n) is 2.90. The largest absolute Gasteiger partial charge is 0.488 e. The van der Waals surface area contributed by atoms with E-state index in [-0.39, 0.29) is 26.4 Å². The number of carbonyl (C=O) groups excluding carboxylic acids is 2. The molecule has 0 spiro atoms. The average Bonchev–Trinajstić information content (AvgIpc) is 2.85. The second-order valence-electron chi connectivity index (χ2n) is 7.18. The zero-order valence-corrected chi connectivity index (χ0v) is 19.9. The highest BCUT2D eigenvalue weighted by atomic mass is 16.7. The molecule has 1 heterocycles. The molecule has 0 aliphatic rings. The van der Waals surface area contributed by atoms with Gasteiger partial charge in [0.2, 0.25) is 0 Å². The Morgan fingerprint density at radius 3 is 2.35 bits per heavy atom. The van der Waals surface area contributed by atoms with Crippen LogP contribution in [0.2, 0.25) is 0 Å². The van der Waals surface area contributed by atoms with E-state index in [1.165, 1.54) is 20.3 Å². The second kappa shape index (κ2) is 13.9. The molecule has 0 aliphatic carbocycles. The normalized spacial score (nSPS) is 11.5. The van der Waals surface area contributed by atoms with Crippen LogP contribution in [0, 0.1) is 6.92 Å². The first-order valence-electron chi connectivity index (χ1n) is 10.8. The first kappa shape index (κ1) is 26.7. The van der Waals surface area contributed by atoms with Gasteiger partial charge in [-0.2, -0.15) is 0 Å². The van der Waals surface area contributed by atoms with Crippen molar-refractivity contribution in [1.82, 2.24) is 20.7 Å². The highest BCUT2D eigenvalue weighted by Crippen LogP contribution is 2.27. The van der Waals surface area contributed by atoms with E-state index in [0.29, 0.717) is 34.9 Å². The van der Waals surface area contributed by atoms with Crippen LogP contribution in [-0.4, -0.2) is 67.2 Å². The van der Waals surface area contributed by atoms with Gasteiger partial charge in [-0.1, -0.05) is 18.2 Å². The lowest BCUT2D eigenvalue weighted by atomic mass is 10.1. The van der Waals surface area contributed by atoms with Crippen molar-refractivity contribution in [3.05, 3.63) is 53.3 Å². The number of alkyl carbamates (subject to hydrolysis) is 2. The number of hydrogen-bond acceptors (Lipinski definition) is 9. The van der Waals surface area contributed by atoms with Crippen LogP contribution in [0.5, 0.6) is 11.5 Å². The third kappa shape index (κ3) is 8.41. The van der Waals surface area contributed by atoms with Crippen LogP contribution in [-0.2, 0) is 22.7 Å². The molecule has 2 aromatic rings. The van der Waals surface area contributed by atoms with Crippen molar-refractivity contribution in [2.75, 3.05) is 33.8 Å². The smallest absolute Gasteiger partial charge is 0.407 e. The van der Waals surface area contributed by atoms with Gasteiger partial charge in [0.15, 0.2) is 0 Å². The molecule has 11 nitrogen and oxygen atoms in total. The molecule has 1 aromatic heterocycles. The number of carbonyl (C=O) groups is 2. The van der Waals surface area contributed by atoms with E-state index in [0.717, 1.165) is 0 Å². The number of hydroxylamine groups is 2. The Morgan fingerprint density at radius 2 is 1.74 bits per heavy atom. The van der Waals surface area contributed by atoms with Crippen molar-refractivity contribution in [3.63, 3.8) is 0 Å². The number of hydrogen-bond donors (Lipinski definition) is 3. The number of aryl methyl sites for hydroxylation is 1. The van der Waals surface area contributed by atoms with E-state index in [1.807, 2.05) is 37.3 Å². The summed E-state index contributed by atoms with van der Waals surface area (Å²) in [5, 5.41) is 16.9. The molecule has 3 N–H and O–H groups in total. The van der Waals surface area contributed by atoms with Gasteiger partial charge < -0.3 is 34.8 Å². The third-order valence-corrected chi connectivity index (χ3v) is 4.68. The second-order valence-corrected chi connectivity index (χ2v) is 7.18. The standard InChI is InChI=1S/C23H32N4O7/c1-5-27(34-19-9-7-6-8-10-19)12-18(28)14-31-21-16(2)26-11-17(13-32-22(29)24-3)20(21)15-33-23(30)25-4/h6-11,18,28H,5,12-15H2,1-4H3,(H,24,29)(H,25,30). The Morgan fingerprint density at radius 1 is 1.09 bits per heavy atom. The molecule has 186 valence electrons. The van der Waals surface area contributed by atoms with Crippen molar-refractivity contribution < 1.29 is 33.7 Å². The van der Waals surface area contributed by atoms with Gasteiger partial charge in [-0.05, 0) is 26.0 Å². The van der Waals surface area contributed by atoms with Crippen molar-refractivity contribution in [1.29, 1.82) is 0 Å². The number of pyridine rings is 1. The summed E-state index contributed by atoms with van der Waals surface area (Å²) in [6.07, 6.45) is -0.608. The van der Waals surface area contributed by atoms with E-state index in [4.69, 9.17) is 19.0 Å². The lowest BCUT2D eigenvalue weighted by molar-refractivity contribution is -0.0860. The van der Waals surface area contributed by atoms with Crippen molar-refractivity contribution in [2.45, 2.75) is 33.2 Å². The van der Waals surface area contributed by atoms with Gasteiger partial charge in [-0.25, -0.2) is 9.59 Å². The molecule has 1 unspecified atom stereocenters. The maximum Gasteiger partial charge on any atom is 0.407 e.